The molecule has 0 aliphatic heterocycles. The van der Waals surface area contributed by atoms with Gasteiger partial charge in [0, 0.05) is 18.4 Å². The quantitative estimate of drug-likeness (QED) is 0.507. The zero-order valence-corrected chi connectivity index (χ0v) is 11.4. The van der Waals surface area contributed by atoms with E-state index in [4.69, 9.17) is 5.73 Å². The molecule has 1 aromatic rings. The van der Waals surface area contributed by atoms with Crippen LogP contribution in [0.25, 0.3) is 0 Å². The lowest BCUT2D eigenvalue weighted by molar-refractivity contribution is 0.0671. The summed E-state index contributed by atoms with van der Waals surface area (Å²) in [5.41, 5.74) is 5.81. The van der Waals surface area contributed by atoms with Gasteiger partial charge in [-0.05, 0) is 12.8 Å². The van der Waals surface area contributed by atoms with Crippen LogP contribution in [0.1, 0.15) is 50.9 Å². The Morgan fingerprint density at radius 1 is 1.40 bits per heavy atom. The van der Waals surface area contributed by atoms with Crippen LogP contribution in [-0.4, -0.2) is 21.6 Å². The molecular weight excluding hydrogens is 264 g/mol. The van der Waals surface area contributed by atoms with E-state index >= 15 is 0 Å². The van der Waals surface area contributed by atoms with Crippen molar-refractivity contribution in [2.75, 3.05) is 0 Å². The highest BCUT2D eigenvalue weighted by Crippen LogP contribution is 2.17. The van der Waals surface area contributed by atoms with Gasteiger partial charge in [-0.2, -0.15) is 8.78 Å². The predicted octanol–water partition coefficient (Wildman–Crippen LogP) is 2.41. The summed E-state index contributed by atoms with van der Waals surface area (Å²) in [7, 11) is 0. The molecular formula is C13H21F2N5. The number of alkyl halides is 2. The molecule has 0 unspecified atom stereocenters. The van der Waals surface area contributed by atoms with Crippen LogP contribution < -0.4 is 11.1 Å². The Bertz CT molecular complexity index is 436. The smallest absolute Gasteiger partial charge is 0.319 e. The van der Waals surface area contributed by atoms with Crippen LogP contribution in [0.4, 0.5) is 8.78 Å². The zero-order valence-electron chi connectivity index (χ0n) is 11.4. The van der Waals surface area contributed by atoms with Gasteiger partial charge in [-0.25, -0.2) is 9.98 Å². The number of nitrogens with zero attached hydrogens (tertiary/aromatic N) is 3. The Morgan fingerprint density at radius 3 is 2.75 bits per heavy atom. The first-order valence-electron chi connectivity index (χ1n) is 7.03. The van der Waals surface area contributed by atoms with Gasteiger partial charge in [-0.1, -0.05) is 25.7 Å². The maximum Gasteiger partial charge on any atom is 0.319 e. The first-order valence-corrected chi connectivity index (χ1v) is 7.03. The Labute approximate surface area is 117 Å². The minimum absolute atomic E-state index is 0.0584. The van der Waals surface area contributed by atoms with Crippen LogP contribution in [0.3, 0.4) is 0 Å². The highest BCUT2D eigenvalue weighted by molar-refractivity contribution is 5.78. The highest BCUT2D eigenvalue weighted by atomic mass is 19.3. The average molecular weight is 285 g/mol. The van der Waals surface area contributed by atoms with E-state index < -0.39 is 6.55 Å². The molecule has 0 atom stereocenters. The van der Waals surface area contributed by atoms with E-state index in [-0.39, 0.29) is 12.4 Å². The SMILES string of the molecule is NC(=NCc1nccn1C(F)F)NC1CCCCCC1. The predicted molar refractivity (Wildman–Crippen MR) is 73.4 cm³/mol. The molecule has 1 saturated carbocycles. The Balaban J connectivity index is 1.88. The summed E-state index contributed by atoms with van der Waals surface area (Å²) in [5.74, 6) is 0.520. The molecule has 1 heterocycles. The summed E-state index contributed by atoms with van der Waals surface area (Å²) in [6, 6.07) is 0.344. The van der Waals surface area contributed by atoms with Crippen LogP contribution in [-0.2, 0) is 6.54 Å². The van der Waals surface area contributed by atoms with Crippen molar-refractivity contribution in [3.8, 4) is 0 Å². The van der Waals surface area contributed by atoms with E-state index in [0.717, 1.165) is 17.4 Å². The van der Waals surface area contributed by atoms with E-state index in [1.54, 1.807) is 0 Å². The maximum absolute atomic E-state index is 12.6. The third-order valence-electron chi connectivity index (χ3n) is 3.56. The molecule has 0 spiro atoms. The molecule has 20 heavy (non-hydrogen) atoms. The van der Waals surface area contributed by atoms with Crippen molar-refractivity contribution in [1.82, 2.24) is 14.9 Å². The molecule has 0 aromatic carbocycles. The number of nitrogens with two attached hydrogens (primary N) is 1. The lowest BCUT2D eigenvalue weighted by atomic mass is 10.1. The lowest BCUT2D eigenvalue weighted by Crippen LogP contribution is -2.39. The molecule has 1 fully saturated rings. The number of aliphatic imine (C=N–C) groups is 1. The first-order chi connectivity index (χ1) is 9.66. The number of aromatic nitrogens is 2. The van der Waals surface area contributed by atoms with Crippen molar-refractivity contribution in [1.29, 1.82) is 0 Å². The third kappa shape index (κ3) is 4.18. The summed E-state index contributed by atoms with van der Waals surface area (Å²) >= 11 is 0. The number of hydrogen-bond acceptors (Lipinski definition) is 2. The number of rotatable bonds is 4. The number of hydrogen-bond donors (Lipinski definition) is 2. The Kier molecular flexibility index (Phi) is 5.31. The summed E-state index contributed by atoms with van der Waals surface area (Å²) in [6.45, 7) is -2.54. The van der Waals surface area contributed by atoms with Gasteiger partial charge in [0.2, 0.25) is 0 Å². The van der Waals surface area contributed by atoms with Crippen LogP contribution in [0.5, 0.6) is 0 Å². The van der Waals surface area contributed by atoms with Crippen LogP contribution >= 0.6 is 0 Å². The van der Waals surface area contributed by atoms with Crippen molar-refractivity contribution < 1.29 is 8.78 Å². The van der Waals surface area contributed by atoms with Gasteiger partial charge < -0.3 is 11.1 Å². The second-order valence-electron chi connectivity index (χ2n) is 5.06. The Hall–Kier alpha value is -1.66. The van der Waals surface area contributed by atoms with Crippen LogP contribution in [0.15, 0.2) is 17.4 Å². The number of nitrogens with one attached hydrogen (secondary N) is 1. The van der Waals surface area contributed by atoms with E-state index in [1.165, 1.54) is 38.1 Å². The average Bonchev–Trinajstić information content (AvgIpc) is 2.75. The second kappa shape index (κ2) is 7.21. The summed E-state index contributed by atoms with van der Waals surface area (Å²) in [4.78, 5) is 7.96. The largest absolute Gasteiger partial charge is 0.370 e. The van der Waals surface area contributed by atoms with Gasteiger partial charge in [-0.3, -0.25) is 4.57 Å². The lowest BCUT2D eigenvalue weighted by Gasteiger charge is -2.16. The van der Waals surface area contributed by atoms with Gasteiger partial charge in [0.1, 0.15) is 12.4 Å². The van der Waals surface area contributed by atoms with Gasteiger partial charge in [-0.15, -0.1) is 0 Å². The summed E-state index contributed by atoms with van der Waals surface area (Å²) in [5, 5.41) is 3.17. The molecule has 1 aliphatic rings. The normalized spacial score (nSPS) is 18.2. The maximum atomic E-state index is 12.6. The van der Waals surface area contributed by atoms with E-state index in [1.807, 2.05) is 0 Å². The van der Waals surface area contributed by atoms with Crippen molar-refractivity contribution in [3.63, 3.8) is 0 Å². The molecule has 0 bridgehead atoms. The topological polar surface area (TPSA) is 68.2 Å². The fourth-order valence-corrected chi connectivity index (χ4v) is 2.48. The minimum atomic E-state index is -2.60. The molecule has 3 N–H and O–H groups in total. The number of imidazole rings is 1. The van der Waals surface area contributed by atoms with Gasteiger partial charge in [0.15, 0.2) is 5.96 Å². The zero-order chi connectivity index (χ0) is 14.4. The standard InChI is InChI=1S/C13H21F2N5/c14-12(15)20-8-7-17-11(20)9-18-13(16)19-10-5-3-1-2-4-6-10/h7-8,10,12H,1-6,9H2,(H3,16,18,19). The van der Waals surface area contributed by atoms with E-state index in [0.29, 0.717) is 12.0 Å². The molecule has 1 aromatic heterocycles. The van der Waals surface area contributed by atoms with E-state index in [9.17, 15) is 8.78 Å². The summed E-state index contributed by atoms with van der Waals surface area (Å²) < 4.78 is 26.1. The van der Waals surface area contributed by atoms with Crippen molar-refractivity contribution >= 4 is 5.96 Å². The number of guanidine groups is 1. The fourth-order valence-electron chi connectivity index (χ4n) is 2.48. The second-order valence-corrected chi connectivity index (χ2v) is 5.06. The minimum Gasteiger partial charge on any atom is -0.370 e. The van der Waals surface area contributed by atoms with Gasteiger partial charge in [0.05, 0.1) is 0 Å². The van der Waals surface area contributed by atoms with Crippen molar-refractivity contribution in [2.24, 2.45) is 10.7 Å². The molecule has 2 rings (SSSR count). The first kappa shape index (κ1) is 14.7. The third-order valence-corrected chi connectivity index (χ3v) is 3.56. The van der Waals surface area contributed by atoms with Gasteiger partial charge >= 0.3 is 6.55 Å². The summed E-state index contributed by atoms with van der Waals surface area (Å²) in [6.07, 6.45) is 9.67. The van der Waals surface area contributed by atoms with Crippen molar-refractivity contribution in [2.45, 2.75) is 57.7 Å². The molecule has 0 saturated heterocycles. The monoisotopic (exact) mass is 285 g/mol. The van der Waals surface area contributed by atoms with Crippen LogP contribution in [0.2, 0.25) is 0 Å². The molecule has 1 aliphatic carbocycles. The molecule has 5 nitrogen and oxygen atoms in total. The van der Waals surface area contributed by atoms with E-state index in [2.05, 4.69) is 15.3 Å². The van der Waals surface area contributed by atoms with Crippen LogP contribution in [0, 0.1) is 0 Å². The molecule has 112 valence electrons. The fraction of sp³-hybridized carbons (Fsp3) is 0.692. The van der Waals surface area contributed by atoms with Crippen molar-refractivity contribution in [3.05, 3.63) is 18.2 Å². The van der Waals surface area contributed by atoms with Gasteiger partial charge in [0.25, 0.3) is 0 Å². The molecule has 7 heteroatoms. The Morgan fingerprint density at radius 2 is 2.10 bits per heavy atom. The molecule has 0 amide bonds. The highest BCUT2D eigenvalue weighted by Gasteiger charge is 2.13. The number of halogens is 2. The molecule has 0 radical (unpaired) electrons.